The molecule has 2 aromatic rings. The normalized spacial score (nSPS) is 10.8. The maximum atomic E-state index is 12.7. The highest BCUT2D eigenvalue weighted by atomic mass is 19.1. The van der Waals surface area contributed by atoms with Crippen LogP contribution in [0, 0.1) is 22.9 Å². The predicted molar refractivity (Wildman–Crippen MR) is 76.6 cm³/mol. The number of rotatable bonds is 5. The Morgan fingerprint density at radius 2 is 2.00 bits per heavy atom. The van der Waals surface area contributed by atoms with Crippen molar-refractivity contribution in [3.63, 3.8) is 0 Å². The lowest BCUT2D eigenvalue weighted by atomic mass is 10.1. The van der Waals surface area contributed by atoms with E-state index in [4.69, 9.17) is 4.84 Å². The summed E-state index contributed by atoms with van der Waals surface area (Å²) in [6.07, 6.45) is 1.45. The molecule has 0 fully saturated rings. The van der Waals surface area contributed by atoms with Gasteiger partial charge in [-0.05, 0) is 24.6 Å². The zero-order valence-corrected chi connectivity index (χ0v) is 11.3. The molecule has 0 atom stereocenters. The Labute approximate surface area is 120 Å². The molecule has 0 bridgehead atoms. The van der Waals surface area contributed by atoms with E-state index in [-0.39, 0.29) is 18.1 Å². The number of nitro groups is 1. The number of nitro benzene ring substituents is 1. The van der Waals surface area contributed by atoms with Crippen molar-refractivity contribution in [1.29, 1.82) is 0 Å². The Bertz CT molecular complexity index is 669. The third-order valence-electron chi connectivity index (χ3n) is 2.98. The zero-order valence-electron chi connectivity index (χ0n) is 11.3. The number of oxime groups is 1. The van der Waals surface area contributed by atoms with Crippen LogP contribution in [0.2, 0.25) is 0 Å². The van der Waals surface area contributed by atoms with Crippen molar-refractivity contribution in [2.45, 2.75) is 13.5 Å². The summed E-state index contributed by atoms with van der Waals surface area (Å²) in [5.74, 6) is -0.319. The highest BCUT2D eigenvalue weighted by Crippen LogP contribution is 2.21. The molecule has 2 rings (SSSR count). The molecule has 5 nitrogen and oxygen atoms in total. The van der Waals surface area contributed by atoms with Crippen molar-refractivity contribution in [1.82, 2.24) is 0 Å². The van der Waals surface area contributed by atoms with E-state index in [1.165, 1.54) is 24.4 Å². The average Bonchev–Trinajstić information content (AvgIpc) is 2.46. The third kappa shape index (κ3) is 3.85. The van der Waals surface area contributed by atoms with Crippen LogP contribution in [0.4, 0.5) is 10.1 Å². The predicted octanol–water partition coefficient (Wildman–Crippen LogP) is 3.59. The highest BCUT2D eigenvalue weighted by Gasteiger charge is 2.12. The van der Waals surface area contributed by atoms with E-state index in [0.717, 1.165) is 0 Å². The van der Waals surface area contributed by atoms with E-state index in [1.807, 2.05) is 0 Å². The van der Waals surface area contributed by atoms with E-state index in [1.54, 1.807) is 31.2 Å². The van der Waals surface area contributed by atoms with Crippen molar-refractivity contribution in [2.75, 3.05) is 0 Å². The Morgan fingerprint density at radius 1 is 1.29 bits per heavy atom. The first kappa shape index (κ1) is 14.6. The number of hydrogen-bond donors (Lipinski definition) is 0. The van der Waals surface area contributed by atoms with Crippen LogP contribution in [0.1, 0.15) is 16.7 Å². The molecule has 6 heteroatoms. The average molecular weight is 288 g/mol. The second kappa shape index (κ2) is 6.60. The minimum absolute atomic E-state index is 0.0543. The van der Waals surface area contributed by atoms with Crippen molar-refractivity contribution in [2.24, 2.45) is 5.16 Å². The SMILES string of the molecule is Cc1c(CO/N=C/c2ccc(F)cc2)cccc1[N+](=O)[O-]. The van der Waals surface area contributed by atoms with Crippen LogP contribution in [0.15, 0.2) is 47.6 Å². The molecule has 0 saturated heterocycles. The quantitative estimate of drug-likeness (QED) is 0.479. The summed E-state index contributed by atoms with van der Waals surface area (Å²) in [5, 5.41) is 14.6. The molecule has 0 spiro atoms. The summed E-state index contributed by atoms with van der Waals surface area (Å²) in [6.45, 7) is 1.80. The van der Waals surface area contributed by atoms with Crippen LogP contribution >= 0.6 is 0 Å². The molecule has 21 heavy (non-hydrogen) atoms. The molecular weight excluding hydrogens is 275 g/mol. The van der Waals surface area contributed by atoms with Gasteiger partial charge in [0.2, 0.25) is 0 Å². The maximum absolute atomic E-state index is 12.7. The fourth-order valence-corrected chi connectivity index (χ4v) is 1.78. The molecule has 0 unspecified atom stereocenters. The van der Waals surface area contributed by atoms with E-state index in [0.29, 0.717) is 16.7 Å². The first-order chi connectivity index (χ1) is 10.1. The molecule has 0 heterocycles. The fourth-order valence-electron chi connectivity index (χ4n) is 1.78. The molecule has 0 aliphatic rings. The zero-order chi connectivity index (χ0) is 15.2. The van der Waals surface area contributed by atoms with Gasteiger partial charge in [-0.25, -0.2) is 4.39 Å². The van der Waals surface area contributed by atoms with Gasteiger partial charge in [-0.15, -0.1) is 0 Å². The van der Waals surface area contributed by atoms with Gasteiger partial charge in [0.05, 0.1) is 11.1 Å². The molecule has 0 radical (unpaired) electrons. The Balaban J connectivity index is 1.99. The monoisotopic (exact) mass is 288 g/mol. The Hall–Kier alpha value is -2.76. The van der Waals surface area contributed by atoms with Gasteiger partial charge in [0.15, 0.2) is 0 Å². The molecule has 0 aromatic heterocycles. The van der Waals surface area contributed by atoms with Crippen molar-refractivity contribution in [3.8, 4) is 0 Å². The summed E-state index contributed by atoms with van der Waals surface area (Å²) in [4.78, 5) is 15.5. The number of benzene rings is 2. The van der Waals surface area contributed by atoms with Crippen LogP contribution in [0.5, 0.6) is 0 Å². The first-order valence-corrected chi connectivity index (χ1v) is 6.21. The van der Waals surface area contributed by atoms with Crippen LogP contribution in [-0.4, -0.2) is 11.1 Å². The first-order valence-electron chi connectivity index (χ1n) is 6.21. The molecular formula is C15H13FN2O3. The lowest BCUT2D eigenvalue weighted by Crippen LogP contribution is -1.97. The summed E-state index contributed by atoms with van der Waals surface area (Å²) in [5.41, 5.74) is 2.01. The minimum atomic E-state index is -0.430. The molecule has 2 aromatic carbocycles. The van der Waals surface area contributed by atoms with Gasteiger partial charge < -0.3 is 4.84 Å². The Morgan fingerprint density at radius 3 is 2.67 bits per heavy atom. The summed E-state index contributed by atoms with van der Waals surface area (Å²) in [7, 11) is 0. The standard InChI is InChI=1S/C15H13FN2O3/c1-11-13(3-2-4-15(11)18(19)20)10-21-17-9-12-5-7-14(16)8-6-12/h2-9H,10H2,1H3/b17-9+. The van der Waals surface area contributed by atoms with Crippen LogP contribution in [0.3, 0.4) is 0 Å². The number of nitrogens with zero attached hydrogens (tertiary/aromatic N) is 2. The van der Waals surface area contributed by atoms with Gasteiger partial charge in [-0.3, -0.25) is 10.1 Å². The second-order valence-electron chi connectivity index (χ2n) is 4.38. The number of halogens is 1. The lowest BCUT2D eigenvalue weighted by molar-refractivity contribution is -0.385. The van der Waals surface area contributed by atoms with Gasteiger partial charge in [-0.1, -0.05) is 29.4 Å². The fraction of sp³-hybridized carbons (Fsp3) is 0.133. The molecule has 108 valence electrons. The van der Waals surface area contributed by atoms with Gasteiger partial charge in [0.1, 0.15) is 12.4 Å². The minimum Gasteiger partial charge on any atom is -0.391 e. The summed E-state index contributed by atoms with van der Waals surface area (Å²) in [6, 6.07) is 10.6. The van der Waals surface area contributed by atoms with E-state index in [2.05, 4.69) is 5.16 Å². The van der Waals surface area contributed by atoms with Gasteiger partial charge in [0.25, 0.3) is 5.69 Å². The molecule has 0 amide bonds. The second-order valence-corrected chi connectivity index (χ2v) is 4.38. The maximum Gasteiger partial charge on any atom is 0.272 e. The van der Waals surface area contributed by atoms with E-state index < -0.39 is 4.92 Å². The number of hydrogen-bond acceptors (Lipinski definition) is 4. The topological polar surface area (TPSA) is 64.7 Å². The van der Waals surface area contributed by atoms with Crippen molar-refractivity contribution >= 4 is 11.9 Å². The smallest absolute Gasteiger partial charge is 0.272 e. The van der Waals surface area contributed by atoms with Crippen LogP contribution in [0.25, 0.3) is 0 Å². The largest absolute Gasteiger partial charge is 0.391 e. The van der Waals surface area contributed by atoms with Crippen molar-refractivity contribution in [3.05, 3.63) is 75.1 Å². The van der Waals surface area contributed by atoms with Gasteiger partial charge >= 0.3 is 0 Å². The molecule has 0 N–H and O–H groups in total. The van der Waals surface area contributed by atoms with Gasteiger partial charge in [-0.2, -0.15) is 0 Å². The van der Waals surface area contributed by atoms with Crippen molar-refractivity contribution < 1.29 is 14.2 Å². The van der Waals surface area contributed by atoms with E-state index >= 15 is 0 Å². The lowest BCUT2D eigenvalue weighted by Gasteiger charge is -2.04. The Kier molecular flexibility index (Phi) is 4.61. The summed E-state index contributed by atoms with van der Waals surface area (Å²) < 4.78 is 12.7. The molecule has 0 aliphatic carbocycles. The highest BCUT2D eigenvalue weighted by molar-refractivity contribution is 5.78. The van der Waals surface area contributed by atoms with Gasteiger partial charge in [0, 0.05) is 17.2 Å². The van der Waals surface area contributed by atoms with Crippen LogP contribution < -0.4 is 0 Å². The third-order valence-corrected chi connectivity index (χ3v) is 2.98. The van der Waals surface area contributed by atoms with Crippen LogP contribution in [-0.2, 0) is 11.4 Å². The summed E-state index contributed by atoms with van der Waals surface area (Å²) >= 11 is 0. The van der Waals surface area contributed by atoms with E-state index in [9.17, 15) is 14.5 Å². The molecule has 0 aliphatic heterocycles. The molecule has 0 saturated carbocycles.